The summed E-state index contributed by atoms with van der Waals surface area (Å²) in [4.78, 5) is 34.6. The van der Waals surface area contributed by atoms with E-state index in [0.717, 1.165) is 47.9 Å². The lowest BCUT2D eigenvalue weighted by molar-refractivity contribution is 0.0951. The first kappa shape index (κ1) is 21.5. The Morgan fingerprint density at radius 3 is 2.51 bits per heavy atom. The quantitative estimate of drug-likeness (QED) is 0.436. The van der Waals surface area contributed by atoms with E-state index in [4.69, 9.17) is 0 Å². The van der Waals surface area contributed by atoms with Gasteiger partial charge in [0.1, 0.15) is 22.8 Å². The van der Waals surface area contributed by atoms with Gasteiger partial charge in [0.2, 0.25) is 5.95 Å². The number of carbonyl (C=O) groups excluding carboxylic acids is 1. The maximum atomic E-state index is 14.6. The second-order valence-electron chi connectivity index (χ2n) is 9.09. The van der Waals surface area contributed by atoms with Crippen LogP contribution in [0.3, 0.4) is 0 Å². The van der Waals surface area contributed by atoms with Crippen LogP contribution in [-0.4, -0.2) is 31.1 Å². The van der Waals surface area contributed by atoms with E-state index in [1.54, 1.807) is 12.1 Å². The fourth-order valence-electron chi connectivity index (χ4n) is 4.16. The van der Waals surface area contributed by atoms with E-state index in [1.165, 1.54) is 16.8 Å². The standard InChI is InChI=1S/C25H22F2N6O2/c1-13-5-6-14(23(34)29-15-7-8-15)11-19(13)30-24-28-12-20-22(31-24)32(16-9-10-16)25(35)33(20)21-17(26)3-2-4-18(21)27/h2-6,11-12,15-16H,7-10H2,1H3,(H,29,34)(H,28,30,31). The van der Waals surface area contributed by atoms with Crippen LogP contribution in [0.5, 0.6) is 0 Å². The summed E-state index contributed by atoms with van der Waals surface area (Å²) < 4.78 is 31.6. The van der Waals surface area contributed by atoms with Crippen molar-refractivity contribution in [1.82, 2.24) is 24.4 Å². The van der Waals surface area contributed by atoms with Gasteiger partial charge in [0, 0.05) is 23.3 Å². The van der Waals surface area contributed by atoms with E-state index in [9.17, 15) is 18.4 Å². The number of rotatable bonds is 6. The molecule has 1 amide bonds. The molecule has 0 bridgehead atoms. The lowest BCUT2D eigenvalue weighted by atomic mass is 10.1. The topological polar surface area (TPSA) is 93.8 Å². The number of para-hydroxylation sites is 1. The molecule has 10 heteroatoms. The summed E-state index contributed by atoms with van der Waals surface area (Å²) in [6, 6.07) is 8.95. The fraction of sp³-hybridized carbons (Fsp3) is 0.280. The molecule has 2 aromatic carbocycles. The molecule has 2 aliphatic carbocycles. The van der Waals surface area contributed by atoms with E-state index in [0.29, 0.717) is 11.3 Å². The highest BCUT2D eigenvalue weighted by Crippen LogP contribution is 2.36. The summed E-state index contributed by atoms with van der Waals surface area (Å²) in [6.45, 7) is 1.89. The maximum Gasteiger partial charge on any atom is 0.335 e. The van der Waals surface area contributed by atoms with Crippen molar-refractivity contribution in [2.24, 2.45) is 0 Å². The summed E-state index contributed by atoms with van der Waals surface area (Å²) in [5.41, 5.74) is 1.53. The van der Waals surface area contributed by atoms with Crippen LogP contribution >= 0.6 is 0 Å². The minimum atomic E-state index is -0.846. The first-order chi connectivity index (χ1) is 16.9. The third-order valence-corrected chi connectivity index (χ3v) is 6.35. The minimum Gasteiger partial charge on any atom is -0.349 e. The van der Waals surface area contributed by atoms with E-state index in [-0.39, 0.29) is 35.1 Å². The van der Waals surface area contributed by atoms with Crippen molar-refractivity contribution in [1.29, 1.82) is 0 Å². The third kappa shape index (κ3) is 3.84. The van der Waals surface area contributed by atoms with Crippen LogP contribution in [0.2, 0.25) is 0 Å². The number of anilines is 2. The molecule has 0 saturated heterocycles. The number of halogens is 2. The Labute approximate surface area is 198 Å². The molecular formula is C25H22F2N6O2. The highest BCUT2D eigenvalue weighted by molar-refractivity contribution is 5.96. The van der Waals surface area contributed by atoms with Crippen LogP contribution in [0, 0.1) is 18.6 Å². The Morgan fingerprint density at radius 1 is 1.09 bits per heavy atom. The van der Waals surface area contributed by atoms with Crippen LogP contribution in [0.25, 0.3) is 16.9 Å². The van der Waals surface area contributed by atoms with Crippen molar-refractivity contribution < 1.29 is 13.6 Å². The molecule has 35 heavy (non-hydrogen) atoms. The number of benzene rings is 2. The van der Waals surface area contributed by atoms with Crippen LogP contribution in [0.1, 0.15) is 47.6 Å². The maximum absolute atomic E-state index is 14.6. The van der Waals surface area contributed by atoms with Gasteiger partial charge < -0.3 is 10.6 Å². The molecule has 2 N–H and O–H groups in total. The van der Waals surface area contributed by atoms with Gasteiger partial charge in [-0.1, -0.05) is 12.1 Å². The van der Waals surface area contributed by atoms with Crippen molar-refractivity contribution in [2.45, 2.75) is 44.7 Å². The van der Waals surface area contributed by atoms with Crippen LogP contribution in [0.15, 0.2) is 47.4 Å². The van der Waals surface area contributed by atoms with Gasteiger partial charge in [-0.15, -0.1) is 0 Å². The lowest BCUT2D eigenvalue weighted by Gasteiger charge is -2.11. The van der Waals surface area contributed by atoms with Crippen molar-refractivity contribution in [3.63, 3.8) is 0 Å². The summed E-state index contributed by atoms with van der Waals surface area (Å²) in [5, 5.41) is 6.10. The SMILES string of the molecule is Cc1ccc(C(=O)NC2CC2)cc1Nc1ncc2c(n1)n(C1CC1)c(=O)n2-c1c(F)cccc1F. The fourth-order valence-corrected chi connectivity index (χ4v) is 4.16. The van der Waals surface area contributed by atoms with Gasteiger partial charge in [0.15, 0.2) is 5.65 Å². The Hall–Kier alpha value is -4.08. The summed E-state index contributed by atoms with van der Waals surface area (Å²) in [7, 11) is 0. The number of nitrogens with one attached hydrogen (secondary N) is 2. The van der Waals surface area contributed by atoms with Crippen molar-refractivity contribution >= 4 is 28.7 Å². The highest BCUT2D eigenvalue weighted by atomic mass is 19.1. The molecule has 0 aliphatic heterocycles. The largest absolute Gasteiger partial charge is 0.349 e. The first-order valence-electron chi connectivity index (χ1n) is 11.5. The molecular weight excluding hydrogens is 454 g/mol. The molecule has 2 aliphatic rings. The van der Waals surface area contributed by atoms with Gasteiger partial charge >= 0.3 is 5.69 Å². The second kappa shape index (κ2) is 8.00. The number of hydrogen-bond donors (Lipinski definition) is 2. The van der Waals surface area contributed by atoms with Crippen molar-refractivity contribution in [2.75, 3.05) is 5.32 Å². The Balaban J connectivity index is 1.42. The predicted octanol–water partition coefficient (Wildman–Crippen LogP) is 4.14. The number of fused-ring (bicyclic) bond motifs is 1. The highest BCUT2D eigenvalue weighted by Gasteiger charge is 2.31. The van der Waals surface area contributed by atoms with Crippen LogP contribution in [0.4, 0.5) is 20.4 Å². The second-order valence-corrected chi connectivity index (χ2v) is 9.09. The smallest absolute Gasteiger partial charge is 0.335 e. The van der Waals surface area contributed by atoms with Gasteiger partial charge in [-0.3, -0.25) is 13.9 Å². The van der Waals surface area contributed by atoms with Gasteiger partial charge in [-0.2, -0.15) is 4.98 Å². The molecule has 2 heterocycles. The monoisotopic (exact) mass is 476 g/mol. The van der Waals surface area contributed by atoms with Crippen LogP contribution in [-0.2, 0) is 0 Å². The average molecular weight is 476 g/mol. The summed E-state index contributed by atoms with van der Waals surface area (Å²) in [5.74, 6) is -1.62. The molecule has 8 nitrogen and oxygen atoms in total. The molecule has 0 radical (unpaired) electrons. The molecule has 6 rings (SSSR count). The molecule has 0 spiro atoms. The predicted molar refractivity (Wildman–Crippen MR) is 126 cm³/mol. The molecule has 0 unspecified atom stereocenters. The number of aryl methyl sites for hydroxylation is 1. The van der Waals surface area contributed by atoms with Crippen molar-refractivity contribution in [3.8, 4) is 5.69 Å². The zero-order valence-corrected chi connectivity index (χ0v) is 18.9. The Kier molecular flexibility index (Phi) is 4.91. The van der Waals surface area contributed by atoms with E-state index in [2.05, 4.69) is 20.6 Å². The van der Waals surface area contributed by atoms with Crippen molar-refractivity contribution in [3.05, 3.63) is 75.8 Å². The first-order valence-corrected chi connectivity index (χ1v) is 11.5. The Bertz CT molecular complexity index is 1530. The molecule has 0 atom stereocenters. The van der Waals surface area contributed by atoms with Gasteiger partial charge in [0.25, 0.3) is 5.91 Å². The zero-order chi connectivity index (χ0) is 24.3. The summed E-state index contributed by atoms with van der Waals surface area (Å²) in [6.07, 6.45) is 4.94. The number of imidazole rings is 1. The number of aromatic nitrogens is 4. The number of hydrogen-bond acceptors (Lipinski definition) is 5. The molecule has 2 saturated carbocycles. The zero-order valence-electron chi connectivity index (χ0n) is 18.9. The van der Waals surface area contributed by atoms with Crippen LogP contribution < -0.4 is 16.3 Å². The minimum absolute atomic E-state index is 0.0833. The molecule has 4 aromatic rings. The number of carbonyl (C=O) groups is 1. The van der Waals surface area contributed by atoms with Gasteiger partial charge in [0.05, 0.1) is 6.20 Å². The lowest BCUT2D eigenvalue weighted by Crippen LogP contribution is -2.25. The van der Waals surface area contributed by atoms with E-state index >= 15 is 0 Å². The molecule has 2 aromatic heterocycles. The molecule has 2 fully saturated rings. The summed E-state index contributed by atoms with van der Waals surface area (Å²) >= 11 is 0. The normalized spacial score (nSPS) is 15.4. The average Bonchev–Trinajstić information content (AvgIpc) is 3.76. The van der Waals surface area contributed by atoms with E-state index < -0.39 is 23.0 Å². The number of amides is 1. The Morgan fingerprint density at radius 2 is 1.83 bits per heavy atom. The van der Waals surface area contributed by atoms with Gasteiger partial charge in [-0.05, 0) is 62.4 Å². The molecule has 178 valence electrons. The van der Waals surface area contributed by atoms with E-state index in [1.807, 2.05) is 13.0 Å². The number of nitrogens with zero attached hydrogens (tertiary/aromatic N) is 4. The third-order valence-electron chi connectivity index (χ3n) is 6.35. The van der Waals surface area contributed by atoms with Gasteiger partial charge in [-0.25, -0.2) is 18.6 Å².